The van der Waals surface area contributed by atoms with E-state index in [1.807, 2.05) is 0 Å². The van der Waals surface area contributed by atoms with Gasteiger partial charge < -0.3 is 10.5 Å². The average Bonchev–Trinajstić information content (AvgIpc) is 2.42. The van der Waals surface area contributed by atoms with Crippen molar-refractivity contribution >= 4 is 0 Å². The van der Waals surface area contributed by atoms with Crippen LogP contribution < -0.4 is 10.5 Å². The van der Waals surface area contributed by atoms with Gasteiger partial charge in [-0.05, 0) is 18.4 Å². The van der Waals surface area contributed by atoms with Crippen LogP contribution in [0.3, 0.4) is 0 Å². The van der Waals surface area contributed by atoms with Crippen LogP contribution in [0, 0.1) is 11.8 Å². The van der Waals surface area contributed by atoms with Gasteiger partial charge in [-0.15, -0.1) is 0 Å². The molecule has 2 heterocycles. The summed E-state index contributed by atoms with van der Waals surface area (Å²) in [7, 11) is 0. The molecule has 0 saturated carbocycles. The Kier molecular flexibility index (Phi) is 3.50. The topological polar surface area (TPSA) is 38.5 Å². The number of para-hydroxylation sites is 1. The lowest BCUT2D eigenvalue weighted by Gasteiger charge is -2.44. The van der Waals surface area contributed by atoms with Gasteiger partial charge in [-0.25, -0.2) is 0 Å². The molecule has 3 nitrogen and oxygen atoms in total. The van der Waals surface area contributed by atoms with Crippen LogP contribution in [0.1, 0.15) is 31.9 Å². The highest BCUT2D eigenvalue weighted by atomic mass is 16.5. The SMILES string of the molecule is CC1CN(C2c3ccccc3OCC2C)CCC1N. The van der Waals surface area contributed by atoms with Crippen LogP contribution in [-0.4, -0.2) is 30.6 Å². The highest BCUT2D eigenvalue weighted by Crippen LogP contribution is 2.40. The largest absolute Gasteiger partial charge is 0.493 e. The maximum atomic E-state index is 6.15. The average molecular weight is 260 g/mol. The van der Waals surface area contributed by atoms with Crippen molar-refractivity contribution in [3.63, 3.8) is 0 Å². The van der Waals surface area contributed by atoms with Crippen LogP contribution in [0.25, 0.3) is 0 Å². The van der Waals surface area contributed by atoms with E-state index >= 15 is 0 Å². The van der Waals surface area contributed by atoms with Crippen LogP contribution >= 0.6 is 0 Å². The van der Waals surface area contributed by atoms with E-state index in [9.17, 15) is 0 Å². The molecule has 4 atom stereocenters. The monoisotopic (exact) mass is 260 g/mol. The zero-order chi connectivity index (χ0) is 13.4. The van der Waals surface area contributed by atoms with Gasteiger partial charge in [0.1, 0.15) is 5.75 Å². The Morgan fingerprint density at radius 2 is 2.00 bits per heavy atom. The Balaban J connectivity index is 1.87. The van der Waals surface area contributed by atoms with Crippen molar-refractivity contribution in [2.45, 2.75) is 32.4 Å². The number of piperidine rings is 1. The Labute approximate surface area is 115 Å². The number of hydrogen-bond donors (Lipinski definition) is 1. The van der Waals surface area contributed by atoms with E-state index in [-0.39, 0.29) is 0 Å². The van der Waals surface area contributed by atoms with Gasteiger partial charge in [-0.2, -0.15) is 0 Å². The summed E-state index contributed by atoms with van der Waals surface area (Å²) in [6.45, 7) is 7.59. The molecule has 3 heteroatoms. The fourth-order valence-corrected chi connectivity index (χ4v) is 3.48. The molecule has 0 radical (unpaired) electrons. The quantitative estimate of drug-likeness (QED) is 0.843. The second-order valence-corrected chi connectivity index (χ2v) is 6.20. The highest BCUT2D eigenvalue weighted by Gasteiger charge is 2.35. The second kappa shape index (κ2) is 5.14. The summed E-state index contributed by atoms with van der Waals surface area (Å²) in [4.78, 5) is 2.61. The standard InChI is InChI=1S/C16H24N2O/c1-11-9-18(8-7-14(11)17)16-12(2)10-19-15-6-4-3-5-13(15)16/h3-6,11-12,14,16H,7-10,17H2,1-2H3. The zero-order valence-electron chi connectivity index (χ0n) is 11.9. The van der Waals surface area contributed by atoms with Gasteiger partial charge in [-0.1, -0.05) is 32.0 Å². The van der Waals surface area contributed by atoms with E-state index in [1.54, 1.807) is 0 Å². The van der Waals surface area contributed by atoms with Crippen molar-refractivity contribution in [2.24, 2.45) is 17.6 Å². The van der Waals surface area contributed by atoms with Gasteiger partial charge in [0.05, 0.1) is 6.61 Å². The van der Waals surface area contributed by atoms with Crippen LogP contribution in [0.2, 0.25) is 0 Å². The Hall–Kier alpha value is -1.06. The molecule has 0 bridgehead atoms. The maximum absolute atomic E-state index is 6.15. The summed E-state index contributed by atoms with van der Waals surface area (Å²) in [5.41, 5.74) is 7.50. The molecule has 1 fully saturated rings. The maximum Gasteiger partial charge on any atom is 0.124 e. The predicted octanol–water partition coefficient (Wildman–Crippen LogP) is 2.43. The van der Waals surface area contributed by atoms with Crippen molar-refractivity contribution in [1.29, 1.82) is 0 Å². The smallest absolute Gasteiger partial charge is 0.124 e. The van der Waals surface area contributed by atoms with Gasteiger partial charge in [0.15, 0.2) is 0 Å². The third kappa shape index (κ3) is 2.37. The molecule has 0 spiro atoms. The van der Waals surface area contributed by atoms with Crippen LogP contribution in [0.4, 0.5) is 0 Å². The molecule has 0 amide bonds. The van der Waals surface area contributed by atoms with Crippen molar-refractivity contribution in [2.75, 3.05) is 19.7 Å². The van der Waals surface area contributed by atoms with Gasteiger partial charge in [-0.3, -0.25) is 4.90 Å². The minimum absolute atomic E-state index is 0.363. The van der Waals surface area contributed by atoms with Crippen molar-refractivity contribution < 1.29 is 4.74 Å². The molecule has 19 heavy (non-hydrogen) atoms. The number of likely N-dealkylation sites (tertiary alicyclic amines) is 1. The number of hydrogen-bond acceptors (Lipinski definition) is 3. The molecule has 4 unspecified atom stereocenters. The van der Waals surface area contributed by atoms with Gasteiger partial charge in [0, 0.05) is 36.7 Å². The summed E-state index contributed by atoms with van der Waals surface area (Å²) in [6, 6.07) is 9.33. The Bertz CT molecular complexity index is 448. The molecule has 2 aliphatic heterocycles. The van der Waals surface area contributed by atoms with E-state index in [1.165, 1.54) is 5.56 Å². The molecule has 2 N–H and O–H groups in total. The molecule has 2 aliphatic rings. The van der Waals surface area contributed by atoms with Crippen LogP contribution in [-0.2, 0) is 0 Å². The lowest BCUT2D eigenvalue weighted by molar-refractivity contribution is 0.0519. The van der Waals surface area contributed by atoms with E-state index in [0.29, 0.717) is 23.9 Å². The fourth-order valence-electron chi connectivity index (χ4n) is 3.48. The van der Waals surface area contributed by atoms with Crippen LogP contribution in [0.15, 0.2) is 24.3 Å². The third-order valence-electron chi connectivity index (χ3n) is 4.67. The van der Waals surface area contributed by atoms with Gasteiger partial charge >= 0.3 is 0 Å². The first-order chi connectivity index (χ1) is 9.16. The number of nitrogens with zero attached hydrogens (tertiary/aromatic N) is 1. The first-order valence-corrected chi connectivity index (χ1v) is 7.38. The lowest BCUT2D eigenvalue weighted by atomic mass is 9.86. The molecule has 1 saturated heterocycles. The van der Waals surface area contributed by atoms with E-state index in [0.717, 1.165) is 31.9 Å². The molecular formula is C16H24N2O. The van der Waals surface area contributed by atoms with Crippen molar-refractivity contribution in [1.82, 2.24) is 4.90 Å². The van der Waals surface area contributed by atoms with Gasteiger partial charge in [0.25, 0.3) is 0 Å². The molecule has 1 aromatic rings. The van der Waals surface area contributed by atoms with Gasteiger partial charge in [0.2, 0.25) is 0 Å². The molecule has 1 aromatic carbocycles. The van der Waals surface area contributed by atoms with Crippen LogP contribution in [0.5, 0.6) is 5.75 Å². The first kappa shape index (κ1) is 12.9. The summed E-state index contributed by atoms with van der Waals surface area (Å²) >= 11 is 0. The van der Waals surface area contributed by atoms with E-state index in [2.05, 4.69) is 43.0 Å². The first-order valence-electron chi connectivity index (χ1n) is 7.38. The summed E-state index contributed by atoms with van der Waals surface area (Å²) in [5, 5.41) is 0. The molecule has 3 rings (SSSR count). The number of ether oxygens (including phenoxy) is 1. The summed E-state index contributed by atoms with van der Waals surface area (Å²) < 4.78 is 5.85. The third-order valence-corrected chi connectivity index (χ3v) is 4.67. The molecule has 0 aromatic heterocycles. The fraction of sp³-hybridized carbons (Fsp3) is 0.625. The van der Waals surface area contributed by atoms with E-state index in [4.69, 9.17) is 10.5 Å². The Morgan fingerprint density at radius 3 is 2.79 bits per heavy atom. The normalized spacial score (nSPS) is 35.5. The minimum Gasteiger partial charge on any atom is -0.493 e. The zero-order valence-corrected chi connectivity index (χ0v) is 11.9. The number of fused-ring (bicyclic) bond motifs is 1. The minimum atomic E-state index is 0.363. The molecule has 0 aliphatic carbocycles. The van der Waals surface area contributed by atoms with Crippen molar-refractivity contribution in [3.05, 3.63) is 29.8 Å². The lowest BCUT2D eigenvalue weighted by Crippen LogP contribution is -2.49. The predicted molar refractivity (Wildman–Crippen MR) is 77.2 cm³/mol. The number of benzene rings is 1. The summed E-state index contributed by atoms with van der Waals surface area (Å²) in [6.07, 6.45) is 1.10. The molecular weight excluding hydrogens is 236 g/mol. The van der Waals surface area contributed by atoms with Crippen molar-refractivity contribution in [3.8, 4) is 5.75 Å². The molecule has 104 valence electrons. The number of nitrogens with two attached hydrogens (primary N) is 1. The summed E-state index contributed by atoms with van der Waals surface area (Å²) in [5.74, 6) is 2.18. The van der Waals surface area contributed by atoms with E-state index < -0.39 is 0 Å². The highest BCUT2D eigenvalue weighted by molar-refractivity contribution is 5.38. The Morgan fingerprint density at radius 1 is 1.21 bits per heavy atom. The number of rotatable bonds is 1. The second-order valence-electron chi connectivity index (χ2n) is 6.20.